The van der Waals surface area contributed by atoms with Crippen LogP contribution in [0, 0.1) is 3.57 Å². The van der Waals surface area contributed by atoms with Gasteiger partial charge in [0.05, 0.1) is 27.0 Å². The van der Waals surface area contributed by atoms with Crippen molar-refractivity contribution < 1.29 is 0 Å². The quantitative estimate of drug-likeness (QED) is 0.678. The first-order chi connectivity index (χ1) is 7.15. The Labute approximate surface area is 106 Å². The minimum Gasteiger partial charge on any atom is -0.398 e. The van der Waals surface area contributed by atoms with E-state index < -0.39 is 0 Å². The highest BCUT2D eigenvalue weighted by atomic mass is 127. The van der Waals surface area contributed by atoms with Gasteiger partial charge in [-0.15, -0.1) is 0 Å². The molecule has 0 saturated carbocycles. The molecular weight excluding hydrogens is 324 g/mol. The highest BCUT2D eigenvalue weighted by molar-refractivity contribution is 14.1. The third-order valence-corrected chi connectivity index (χ3v) is 2.91. The minimum absolute atomic E-state index is 0.591. The lowest BCUT2D eigenvalue weighted by atomic mass is 10.2. The first-order valence-electron chi connectivity index (χ1n) is 4.37. The molecule has 0 spiro atoms. The maximum atomic E-state index is 5.84. The van der Waals surface area contributed by atoms with Gasteiger partial charge >= 0.3 is 0 Å². The summed E-state index contributed by atoms with van der Waals surface area (Å²) in [7, 11) is 0. The fraction of sp³-hybridized carbons (Fsp3) is 0.100. The average Bonchev–Trinajstić information content (AvgIpc) is 2.58. The molecule has 15 heavy (non-hydrogen) atoms. The van der Waals surface area contributed by atoms with Gasteiger partial charge in [0.15, 0.2) is 0 Å². The Morgan fingerprint density at radius 2 is 2.27 bits per heavy atom. The highest BCUT2D eigenvalue weighted by Crippen LogP contribution is 2.19. The van der Waals surface area contributed by atoms with E-state index >= 15 is 0 Å². The van der Waals surface area contributed by atoms with Gasteiger partial charge in [-0.05, 0) is 40.3 Å². The molecule has 1 aromatic heterocycles. The van der Waals surface area contributed by atoms with E-state index in [4.69, 9.17) is 17.3 Å². The van der Waals surface area contributed by atoms with Crippen LogP contribution in [0.15, 0.2) is 30.6 Å². The molecule has 1 aromatic carbocycles. The lowest BCUT2D eigenvalue weighted by molar-refractivity contribution is 0.687. The summed E-state index contributed by atoms with van der Waals surface area (Å²) in [4.78, 5) is 0. The molecular formula is C10H9ClIN3. The molecule has 2 aromatic rings. The molecule has 2 N–H and O–H groups in total. The minimum atomic E-state index is 0.591. The van der Waals surface area contributed by atoms with Crippen molar-refractivity contribution in [2.24, 2.45) is 0 Å². The second-order valence-corrected chi connectivity index (χ2v) is 4.86. The van der Waals surface area contributed by atoms with E-state index in [0.29, 0.717) is 17.3 Å². The summed E-state index contributed by atoms with van der Waals surface area (Å²) < 4.78 is 2.99. The van der Waals surface area contributed by atoms with Crippen LogP contribution in [-0.2, 0) is 6.54 Å². The molecule has 2 rings (SSSR count). The van der Waals surface area contributed by atoms with Gasteiger partial charge in [0.2, 0.25) is 0 Å². The molecule has 0 aliphatic heterocycles. The van der Waals surface area contributed by atoms with Crippen LogP contribution >= 0.6 is 34.2 Å². The molecule has 0 aliphatic rings. The molecule has 0 unspecified atom stereocenters. The number of anilines is 1. The van der Waals surface area contributed by atoms with Gasteiger partial charge in [0.1, 0.15) is 0 Å². The van der Waals surface area contributed by atoms with Crippen molar-refractivity contribution in [2.75, 3.05) is 5.73 Å². The second-order valence-electron chi connectivity index (χ2n) is 3.21. The summed E-state index contributed by atoms with van der Waals surface area (Å²) in [6.45, 7) is 0.713. The number of benzene rings is 1. The van der Waals surface area contributed by atoms with Gasteiger partial charge in [0.25, 0.3) is 0 Å². The predicted octanol–water partition coefficient (Wildman–Crippen LogP) is 2.77. The van der Waals surface area contributed by atoms with Crippen molar-refractivity contribution in [3.8, 4) is 0 Å². The van der Waals surface area contributed by atoms with Crippen molar-refractivity contribution in [2.45, 2.75) is 6.54 Å². The largest absolute Gasteiger partial charge is 0.398 e. The van der Waals surface area contributed by atoms with Crippen LogP contribution in [-0.4, -0.2) is 9.78 Å². The third kappa shape index (κ3) is 2.63. The van der Waals surface area contributed by atoms with Crippen LogP contribution in [0.3, 0.4) is 0 Å². The molecule has 0 atom stereocenters. The van der Waals surface area contributed by atoms with E-state index in [1.165, 1.54) is 0 Å². The molecule has 0 bridgehead atoms. The lowest BCUT2D eigenvalue weighted by Gasteiger charge is -2.04. The van der Waals surface area contributed by atoms with Crippen LogP contribution in [0.5, 0.6) is 0 Å². The van der Waals surface area contributed by atoms with Gasteiger partial charge in [0, 0.05) is 6.20 Å². The SMILES string of the molecule is Nc1cc(Cn2cc(I)cn2)ccc1Cl. The summed E-state index contributed by atoms with van der Waals surface area (Å²) in [5, 5.41) is 4.79. The van der Waals surface area contributed by atoms with Crippen LogP contribution in [0.4, 0.5) is 5.69 Å². The molecule has 0 amide bonds. The van der Waals surface area contributed by atoms with E-state index in [2.05, 4.69) is 27.7 Å². The zero-order chi connectivity index (χ0) is 10.8. The number of aromatic nitrogens is 2. The normalized spacial score (nSPS) is 10.5. The van der Waals surface area contributed by atoms with Crippen molar-refractivity contribution >= 4 is 39.9 Å². The fourth-order valence-electron chi connectivity index (χ4n) is 1.30. The molecule has 0 aliphatic carbocycles. The maximum absolute atomic E-state index is 5.84. The highest BCUT2D eigenvalue weighted by Gasteiger charge is 2.00. The molecule has 78 valence electrons. The fourth-order valence-corrected chi connectivity index (χ4v) is 1.87. The van der Waals surface area contributed by atoms with E-state index in [1.54, 1.807) is 6.07 Å². The van der Waals surface area contributed by atoms with Crippen LogP contribution in [0.2, 0.25) is 5.02 Å². The third-order valence-electron chi connectivity index (χ3n) is 2.01. The monoisotopic (exact) mass is 333 g/mol. The molecule has 0 radical (unpaired) electrons. The van der Waals surface area contributed by atoms with Gasteiger partial charge < -0.3 is 5.73 Å². The van der Waals surface area contributed by atoms with Crippen molar-refractivity contribution in [3.63, 3.8) is 0 Å². The van der Waals surface area contributed by atoms with E-state index in [1.807, 2.05) is 29.2 Å². The molecule has 1 heterocycles. The Morgan fingerprint density at radius 1 is 1.47 bits per heavy atom. The molecule has 5 heteroatoms. The smallest absolute Gasteiger partial charge is 0.0660 e. The number of hydrogen-bond donors (Lipinski definition) is 1. The summed E-state index contributed by atoms with van der Waals surface area (Å²) in [6, 6.07) is 5.63. The Balaban J connectivity index is 2.21. The second kappa shape index (κ2) is 4.40. The number of nitrogen functional groups attached to an aromatic ring is 1. The predicted molar refractivity (Wildman–Crippen MR) is 69.9 cm³/mol. The first kappa shape index (κ1) is 10.8. The number of nitrogens with two attached hydrogens (primary N) is 1. The Morgan fingerprint density at radius 3 is 2.87 bits per heavy atom. The Bertz CT molecular complexity index is 481. The van der Waals surface area contributed by atoms with Gasteiger partial charge in [-0.1, -0.05) is 17.7 Å². The molecule has 0 fully saturated rings. The van der Waals surface area contributed by atoms with Gasteiger partial charge in [-0.25, -0.2) is 0 Å². The van der Waals surface area contributed by atoms with Crippen molar-refractivity contribution in [1.82, 2.24) is 9.78 Å². The Kier molecular flexibility index (Phi) is 3.16. The van der Waals surface area contributed by atoms with E-state index in [9.17, 15) is 0 Å². The van der Waals surface area contributed by atoms with E-state index in [0.717, 1.165) is 9.13 Å². The van der Waals surface area contributed by atoms with Crippen LogP contribution in [0.25, 0.3) is 0 Å². The number of halogens is 2. The van der Waals surface area contributed by atoms with Crippen LogP contribution in [0.1, 0.15) is 5.56 Å². The zero-order valence-corrected chi connectivity index (χ0v) is 10.7. The number of nitrogens with zero attached hydrogens (tertiary/aromatic N) is 2. The summed E-state index contributed by atoms with van der Waals surface area (Å²) in [5.74, 6) is 0. The average molecular weight is 334 g/mol. The van der Waals surface area contributed by atoms with Crippen molar-refractivity contribution in [3.05, 3.63) is 44.7 Å². The standard InChI is InChI=1S/C10H9ClIN3/c11-9-2-1-7(3-10(9)13)5-15-6-8(12)4-14-15/h1-4,6H,5,13H2. The number of hydrogen-bond acceptors (Lipinski definition) is 2. The van der Waals surface area contributed by atoms with Gasteiger partial charge in [-0.3, -0.25) is 4.68 Å². The van der Waals surface area contributed by atoms with Crippen LogP contribution < -0.4 is 5.73 Å². The van der Waals surface area contributed by atoms with Gasteiger partial charge in [-0.2, -0.15) is 5.10 Å². The topological polar surface area (TPSA) is 43.8 Å². The molecule has 0 saturated heterocycles. The first-order valence-corrected chi connectivity index (χ1v) is 5.82. The summed E-state index contributed by atoms with van der Waals surface area (Å²) in [6.07, 6.45) is 3.80. The molecule has 3 nitrogen and oxygen atoms in total. The Hall–Kier alpha value is -0.750. The maximum Gasteiger partial charge on any atom is 0.0660 e. The number of rotatable bonds is 2. The summed E-state index contributed by atoms with van der Waals surface area (Å²) in [5.41, 5.74) is 7.42. The zero-order valence-electron chi connectivity index (χ0n) is 7.82. The van der Waals surface area contributed by atoms with E-state index in [-0.39, 0.29) is 0 Å². The summed E-state index contributed by atoms with van der Waals surface area (Å²) >= 11 is 8.07. The van der Waals surface area contributed by atoms with Crippen molar-refractivity contribution in [1.29, 1.82) is 0 Å². The lowest BCUT2D eigenvalue weighted by Crippen LogP contribution is -2.00.